The number of para-hydroxylation sites is 1. The molecule has 2 heterocycles. The van der Waals surface area contributed by atoms with Gasteiger partial charge in [0.25, 0.3) is 0 Å². The van der Waals surface area contributed by atoms with E-state index in [0.717, 1.165) is 29.5 Å². The van der Waals surface area contributed by atoms with Crippen molar-refractivity contribution in [1.82, 2.24) is 5.32 Å². The zero-order chi connectivity index (χ0) is 13.3. The highest BCUT2D eigenvalue weighted by atomic mass is 32.2. The maximum Gasteiger partial charge on any atom is 0.157 e. The number of hydrogen-bond acceptors (Lipinski definition) is 3. The van der Waals surface area contributed by atoms with Crippen molar-refractivity contribution < 1.29 is 4.74 Å². The van der Waals surface area contributed by atoms with Crippen molar-refractivity contribution in [3.8, 4) is 5.75 Å². The van der Waals surface area contributed by atoms with Crippen LogP contribution >= 0.6 is 11.8 Å². The van der Waals surface area contributed by atoms with E-state index in [-0.39, 0.29) is 11.6 Å². The molecule has 0 aromatic heterocycles. The van der Waals surface area contributed by atoms with Gasteiger partial charge in [0.1, 0.15) is 18.4 Å². The van der Waals surface area contributed by atoms with Crippen molar-refractivity contribution >= 4 is 16.9 Å². The summed E-state index contributed by atoms with van der Waals surface area (Å²) in [5.74, 6) is 2.10. The Morgan fingerprint density at radius 3 is 2.89 bits per heavy atom. The Hall–Kier alpha value is -1.16. The zero-order valence-corrected chi connectivity index (χ0v) is 12.3. The van der Waals surface area contributed by atoms with Gasteiger partial charge >= 0.3 is 0 Å². The molecule has 0 bridgehead atoms. The van der Waals surface area contributed by atoms with E-state index in [2.05, 4.69) is 31.3 Å². The zero-order valence-electron chi connectivity index (χ0n) is 11.5. The fraction of sp³-hybridized carbons (Fsp3) is 0.533. The summed E-state index contributed by atoms with van der Waals surface area (Å²) in [6.07, 6.45) is 2.29. The molecule has 0 spiro atoms. The molecule has 1 atom stereocenters. The van der Waals surface area contributed by atoms with E-state index in [9.17, 15) is 0 Å². The quantitative estimate of drug-likeness (QED) is 0.919. The molecule has 3 rings (SSSR count). The van der Waals surface area contributed by atoms with Crippen molar-refractivity contribution in [2.24, 2.45) is 4.99 Å². The normalized spacial score (nSPS) is 26.0. The van der Waals surface area contributed by atoms with Gasteiger partial charge in [0.05, 0.1) is 0 Å². The van der Waals surface area contributed by atoms with Crippen LogP contribution in [-0.4, -0.2) is 23.1 Å². The third-order valence-corrected chi connectivity index (χ3v) is 5.34. The minimum atomic E-state index is 0.149. The van der Waals surface area contributed by atoms with Crippen LogP contribution in [0.2, 0.25) is 0 Å². The Kier molecular flexibility index (Phi) is 3.44. The molecular weight excluding hydrogens is 256 g/mol. The smallest absolute Gasteiger partial charge is 0.157 e. The van der Waals surface area contributed by atoms with E-state index < -0.39 is 0 Å². The van der Waals surface area contributed by atoms with Crippen LogP contribution in [0.4, 0.5) is 0 Å². The SMILES string of the molecule is CCC1(CC)CSC(=NC2COc3ccccc32)N1. The maximum absolute atomic E-state index is 5.68. The molecule has 0 radical (unpaired) electrons. The molecule has 0 aliphatic carbocycles. The summed E-state index contributed by atoms with van der Waals surface area (Å²) in [7, 11) is 0. The summed E-state index contributed by atoms with van der Waals surface area (Å²) >= 11 is 1.84. The predicted molar refractivity (Wildman–Crippen MR) is 81.0 cm³/mol. The summed E-state index contributed by atoms with van der Waals surface area (Å²) in [6.45, 7) is 5.15. The summed E-state index contributed by atoms with van der Waals surface area (Å²) in [5.41, 5.74) is 1.45. The lowest BCUT2D eigenvalue weighted by Gasteiger charge is -2.25. The number of hydrogen-bond donors (Lipinski definition) is 1. The van der Waals surface area contributed by atoms with Gasteiger partial charge in [0.2, 0.25) is 0 Å². The lowest BCUT2D eigenvalue weighted by molar-refractivity contribution is 0.333. The Bertz CT molecular complexity index is 497. The van der Waals surface area contributed by atoms with Crippen molar-refractivity contribution in [2.45, 2.75) is 38.3 Å². The molecule has 4 heteroatoms. The lowest BCUT2D eigenvalue weighted by atomic mass is 9.96. The molecule has 19 heavy (non-hydrogen) atoms. The first-order valence-corrected chi connectivity index (χ1v) is 7.95. The van der Waals surface area contributed by atoms with E-state index in [0.29, 0.717) is 6.61 Å². The molecule has 1 fully saturated rings. The number of nitrogens with zero attached hydrogens (tertiary/aromatic N) is 1. The summed E-state index contributed by atoms with van der Waals surface area (Å²) in [4.78, 5) is 4.85. The molecule has 0 saturated carbocycles. The van der Waals surface area contributed by atoms with Gasteiger partial charge < -0.3 is 10.1 Å². The largest absolute Gasteiger partial charge is 0.491 e. The standard InChI is InChI=1S/C15H20N2OS/c1-3-15(4-2)10-19-14(17-15)16-12-9-18-13-8-6-5-7-11(12)13/h5-8,12H,3-4,9-10H2,1-2H3,(H,16,17). The van der Waals surface area contributed by atoms with E-state index in [1.807, 2.05) is 23.9 Å². The minimum absolute atomic E-state index is 0.149. The number of benzene rings is 1. The van der Waals surface area contributed by atoms with Crippen LogP contribution in [0, 0.1) is 0 Å². The summed E-state index contributed by atoms with van der Waals surface area (Å²) < 4.78 is 5.68. The van der Waals surface area contributed by atoms with Crippen LogP contribution in [0.15, 0.2) is 29.3 Å². The molecule has 1 aromatic carbocycles. The number of aliphatic imine (C=N–C) groups is 1. The van der Waals surface area contributed by atoms with Gasteiger partial charge in [0.15, 0.2) is 5.17 Å². The Morgan fingerprint density at radius 2 is 2.16 bits per heavy atom. The highest BCUT2D eigenvalue weighted by molar-refractivity contribution is 8.14. The maximum atomic E-state index is 5.68. The highest BCUT2D eigenvalue weighted by Gasteiger charge is 2.35. The molecule has 1 saturated heterocycles. The first-order valence-electron chi connectivity index (χ1n) is 6.97. The second-order valence-electron chi connectivity index (χ2n) is 5.20. The molecule has 2 aliphatic rings. The summed E-state index contributed by atoms with van der Waals surface area (Å²) in [5, 5.41) is 4.70. The molecule has 1 unspecified atom stereocenters. The van der Waals surface area contributed by atoms with Gasteiger partial charge in [-0.25, -0.2) is 0 Å². The first kappa shape index (κ1) is 12.9. The number of rotatable bonds is 3. The molecule has 3 nitrogen and oxygen atoms in total. The molecule has 0 amide bonds. The van der Waals surface area contributed by atoms with E-state index in [4.69, 9.17) is 9.73 Å². The minimum Gasteiger partial charge on any atom is -0.491 e. The molecule has 1 aromatic rings. The van der Waals surface area contributed by atoms with Crippen molar-refractivity contribution in [2.75, 3.05) is 12.4 Å². The van der Waals surface area contributed by atoms with Gasteiger partial charge in [-0.15, -0.1) is 0 Å². The van der Waals surface area contributed by atoms with Crippen LogP contribution in [0.25, 0.3) is 0 Å². The van der Waals surface area contributed by atoms with Gasteiger partial charge in [-0.05, 0) is 18.9 Å². The topological polar surface area (TPSA) is 33.6 Å². The first-order chi connectivity index (χ1) is 9.26. The van der Waals surface area contributed by atoms with E-state index in [1.54, 1.807) is 0 Å². The van der Waals surface area contributed by atoms with Crippen LogP contribution in [-0.2, 0) is 0 Å². The lowest BCUT2D eigenvalue weighted by Crippen LogP contribution is -2.42. The fourth-order valence-corrected chi connectivity index (χ4v) is 3.98. The number of amidine groups is 1. The van der Waals surface area contributed by atoms with Gasteiger partial charge in [0, 0.05) is 16.9 Å². The van der Waals surface area contributed by atoms with Crippen molar-refractivity contribution in [1.29, 1.82) is 0 Å². The number of ether oxygens (including phenoxy) is 1. The molecule has 1 N–H and O–H groups in total. The number of nitrogens with one attached hydrogen (secondary N) is 1. The second kappa shape index (κ2) is 5.08. The Morgan fingerprint density at radius 1 is 1.37 bits per heavy atom. The van der Waals surface area contributed by atoms with Crippen LogP contribution < -0.4 is 10.1 Å². The van der Waals surface area contributed by atoms with Crippen LogP contribution in [0.5, 0.6) is 5.75 Å². The van der Waals surface area contributed by atoms with Crippen LogP contribution in [0.3, 0.4) is 0 Å². The fourth-order valence-electron chi connectivity index (χ4n) is 2.60. The predicted octanol–water partition coefficient (Wildman–Crippen LogP) is 3.37. The Balaban J connectivity index is 1.78. The van der Waals surface area contributed by atoms with E-state index >= 15 is 0 Å². The third kappa shape index (κ3) is 2.34. The van der Waals surface area contributed by atoms with E-state index in [1.165, 1.54) is 5.56 Å². The highest BCUT2D eigenvalue weighted by Crippen LogP contribution is 2.36. The average molecular weight is 276 g/mol. The second-order valence-corrected chi connectivity index (χ2v) is 6.16. The molecule has 2 aliphatic heterocycles. The van der Waals surface area contributed by atoms with Gasteiger partial charge in [-0.2, -0.15) is 0 Å². The molecular formula is C15H20N2OS. The average Bonchev–Trinajstić information content (AvgIpc) is 3.05. The van der Waals surface area contributed by atoms with Crippen molar-refractivity contribution in [3.63, 3.8) is 0 Å². The van der Waals surface area contributed by atoms with Gasteiger partial charge in [-0.3, -0.25) is 4.99 Å². The Labute approximate surface area is 118 Å². The van der Waals surface area contributed by atoms with Gasteiger partial charge in [-0.1, -0.05) is 43.8 Å². The molecule has 102 valence electrons. The monoisotopic (exact) mass is 276 g/mol. The number of fused-ring (bicyclic) bond motifs is 1. The van der Waals surface area contributed by atoms with Crippen molar-refractivity contribution in [3.05, 3.63) is 29.8 Å². The van der Waals surface area contributed by atoms with Crippen LogP contribution in [0.1, 0.15) is 38.3 Å². The third-order valence-electron chi connectivity index (χ3n) is 4.16. The summed E-state index contributed by atoms with van der Waals surface area (Å²) in [6, 6.07) is 8.35. The number of thioether (sulfide) groups is 1.